The van der Waals surface area contributed by atoms with Crippen LogP contribution in [0.3, 0.4) is 0 Å². The van der Waals surface area contributed by atoms with Gasteiger partial charge in [-0.1, -0.05) is 6.07 Å². The highest BCUT2D eigenvalue weighted by Crippen LogP contribution is 2.25. The molecule has 0 bridgehead atoms. The zero-order chi connectivity index (χ0) is 14.5. The van der Waals surface area contributed by atoms with Crippen LogP contribution in [0.2, 0.25) is 0 Å². The zero-order valence-electron chi connectivity index (χ0n) is 11.6. The molecule has 0 amide bonds. The Hall–Kier alpha value is -2.37. The largest absolute Gasteiger partial charge is 0.481 e. The van der Waals surface area contributed by atoms with Gasteiger partial charge in [-0.3, -0.25) is 0 Å². The van der Waals surface area contributed by atoms with Gasteiger partial charge in [0.05, 0.1) is 32.0 Å². The second kappa shape index (κ2) is 6.18. The lowest BCUT2D eigenvalue weighted by molar-refractivity contribution is 0.363. The molecule has 1 aromatic heterocycles. The van der Waals surface area contributed by atoms with Crippen LogP contribution in [0.1, 0.15) is 11.1 Å². The van der Waals surface area contributed by atoms with E-state index in [1.165, 1.54) is 26.6 Å². The van der Waals surface area contributed by atoms with Crippen molar-refractivity contribution in [1.29, 1.82) is 0 Å². The van der Waals surface area contributed by atoms with Crippen LogP contribution in [0.25, 0.3) is 0 Å². The van der Waals surface area contributed by atoms with E-state index in [9.17, 15) is 4.39 Å². The minimum atomic E-state index is -0.314. The summed E-state index contributed by atoms with van der Waals surface area (Å²) in [6, 6.07) is 4.87. The Morgan fingerprint density at radius 1 is 1.15 bits per heavy atom. The molecule has 2 rings (SSSR count). The Labute approximate surface area is 116 Å². The maximum atomic E-state index is 13.7. The summed E-state index contributed by atoms with van der Waals surface area (Å²) < 4.78 is 24.0. The molecule has 0 unspecified atom stereocenters. The van der Waals surface area contributed by atoms with E-state index >= 15 is 0 Å². The first-order valence-corrected chi connectivity index (χ1v) is 6.07. The Balaban J connectivity index is 2.24. The van der Waals surface area contributed by atoms with Crippen molar-refractivity contribution >= 4 is 5.69 Å². The molecule has 1 N–H and O–H groups in total. The van der Waals surface area contributed by atoms with E-state index in [1.807, 2.05) is 6.92 Å². The number of ether oxygens (including phenoxy) is 2. The first kappa shape index (κ1) is 14.0. The second-order valence-electron chi connectivity index (χ2n) is 4.21. The Kier molecular flexibility index (Phi) is 4.34. The number of halogens is 1. The maximum Gasteiger partial charge on any atom is 0.225 e. The van der Waals surface area contributed by atoms with Crippen molar-refractivity contribution in [2.45, 2.75) is 13.5 Å². The lowest BCUT2D eigenvalue weighted by Gasteiger charge is -2.13. The van der Waals surface area contributed by atoms with Gasteiger partial charge in [-0.05, 0) is 24.6 Å². The van der Waals surface area contributed by atoms with Crippen LogP contribution < -0.4 is 14.8 Å². The molecule has 0 radical (unpaired) electrons. The third kappa shape index (κ3) is 2.96. The number of nitrogens with zero attached hydrogens (tertiary/aromatic N) is 2. The summed E-state index contributed by atoms with van der Waals surface area (Å²) in [5.41, 5.74) is 2.02. The molecule has 1 heterocycles. The third-order valence-electron chi connectivity index (χ3n) is 2.83. The summed E-state index contributed by atoms with van der Waals surface area (Å²) in [7, 11) is 3.02. The fraction of sp³-hybridized carbons (Fsp3) is 0.286. The van der Waals surface area contributed by atoms with Crippen LogP contribution in [0.5, 0.6) is 11.8 Å². The number of aryl methyl sites for hydroxylation is 1. The van der Waals surface area contributed by atoms with Gasteiger partial charge in [0.25, 0.3) is 0 Å². The standard InChI is InChI=1S/C14H16FN3O2/c1-9-4-5-11(15)12(6-9)16-7-10-13(19-2)17-8-18-14(10)20-3/h4-6,8,16H,7H2,1-3H3. The lowest BCUT2D eigenvalue weighted by atomic mass is 10.2. The highest BCUT2D eigenvalue weighted by atomic mass is 19.1. The molecule has 2 aromatic rings. The number of benzene rings is 1. The predicted molar refractivity (Wildman–Crippen MR) is 73.6 cm³/mol. The molecule has 0 aliphatic rings. The van der Waals surface area contributed by atoms with Gasteiger partial charge in [0, 0.05) is 0 Å². The van der Waals surface area contributed by atoms with Crippen molar-refractivity contribution in [3.8, 4) is 11.8 Å². The number of rotatable bonds is 5. The normalized spacial score (nSPS) is 10.2. The van der Waals surface area contributed by atoms with Gasteiger partial charge in [-0.2, -0.15) is 0 Å². The zero-order valence-corrected chi connectivity index (χ0v) is 11.6. The second-order valence-corrected chi connectivity index (χ2v) is 4.21. The molecule has 0 atom stereocenters. The van der Waals surface area contributed by atoms with Gasteiger partial charge in [-0.15, -0.1) is 0 Å². The van der Waals surface area contributed by atoms with Crippen LogP contribution in [0.4, 0.5) is 10.1 Å². The van der Waals surface area contributed by atoms with Crippen molar-refractivity contribution in [2.24, 2.45) is 0 Å². The Morgan fingerprint density at radius 2 is 1.80 bits per heavy atom. The van der Waals surface area contributed by atoms with E-state index in [-0.39, 0.29) is 5.82 Å². The van der Waals surface area contributed by atoms with E-state index in [0.717, 1.165) is 5.56 Å². The van der Waals surface area contributed by atoms with Crippen molar-refractivity contribution in [1.82, 2.24) is 9.97 Å². The van der Waals surface area contributed by atoms with Crippen LogP contribution in [-0.4, -0.2) is 24.2 Å². The van der Waals surface area contributed by atoms with Gasteiger partial charge < -0.3 is 14.8 Å². The average Bonchev–Trinajstić information content (AvgIpc) is 2.47. The molecule has 5 nitrogen and oxygen atoms in total. The molecule has 6 heteroatoms. The van der Waals surface area contributed by atoms with Gasteiger partial charge in [0.1, 0.15) is 12.1 Å². The fourth-order valence-corrected chi connectivity index (χ4v) is 1.84. The SMILES string of the molecule is COc1ncnc(OC)c1CNc1cc(C)ccc1F. The Morgan fingerprint density at radius 3 is 2.40 bits per heavy atom. The molecular formula is C14H16FN3O2. The van der Waals surface area contributed by atoms with Crippen molar-refractivity contribution in [3.63, 3.8) is 0 Å². The molecule has 0 saturated heterocycles. The van der Waals surface area contributed by atoms with Crippen LogP contribution in [-0.2, 0) is 6.54 Å². The molecule has 0 fully saturated rings. The molecule has 20 heavy (non-hydrogen) atoms. The number of hydrogen-bond donors (Lipinski definition) is 1. The number of nitrogens with one attached hydrogen (secondary N) is 1. The molecule has 106 valence electrons. The van der Waals surface area contributed by atoms with Crippen molar-refractivity contribution in [3.05, 3.63) is 41.5 Å². The predicted octanol–water partition coefficient (Wildman–Crippen LogP) is 2.55. The smallest absolute Gasteiger partial charge is 0.225 e. The molecule has 1 aromatic carbocycles. The van der Waals surface area contributed by atoms with Crippen LogP contribution >= 0.6 is 0 Å². The van der Waals surface area contributed by atoms with Gasteiger partial charge >= 0.3 is 0 Å². The quantitative estimate of drug-likeness (QED) is 0.910. The number of aromatic nitrogens is 2. The highest BCUT2D eigenvalue weighted by molar-refractivity contribution is 5.49. The maximum absolute atomic E-state index is 13.7. The van der Waals surface area contributed by atoms with E-state index in [2.05, 4.69) is 15.3 Å². The summed E-state index contributed by atoms with van der Waals surface area (Å²) in [6.45, 7) is 2.20. The summed E-state index contributed by atoms with van der Waals surface area (Å²) in [5.74, 6) is 0.486. The van der Waals surface area contributed by atoms with Crippen LogP contribution in [0, 0.1) is 12.7 Å². The number of hydrogen-bond acceptors (Lipinski definition) is 5. The minimum Gasteiger partial charge on any atom is -0.481 e. The average molecular weight is 277 g/mol. The van der Waals surface area contributed by atoms with Gasteiger partial charge in [-0.25, -0.2) is 14.4 Å². The van der Waals surface area contributed by atoms with Crippen molar-refractivity contribution < 1.29 is 13.9 Å². The summed E-state index contributed by atoms with van der Waals surface area (Å²) in [5, 5.41) is 3.00. The van der Waals surface area contributed by atoms with E-state index < -0.39 is 0 Å². The van der Waals surface area contributed by atoms with E-state index in [0.29, 0.717) is 29.6 Å². The topological polar surface area (TPSA) is 56.3 Å². The monoisotopic (exact) mass is 277 g/mol. The summed E-state index contributed by atoms with van der Waals surface area (Å²) in [4.78, 5) is 8.02. The highest BCUT2D eigenvalue weighted by Gasteiger charge is 2.13. The first-order valence-electron chi connectivity index (χ1n) is 6.07. The third-order valence-corrected chi connectivity index (χ3v) is 2.83. The Bertz CT molecular complexity index is 583. The first-order chi connectivity index (χ1) is 9.65. The van der Waals surface area contributed by atoms with E-state index in [1.54, 1.807) is 12.1 Å². The van der Waals surface area contributed by atoms with Crippen LogP contribution in [0.15, 0.2) is 24.5 Å². The minimum absolute atomic E-state index is 0.299. The number of methoxy groups -OCH3 is 2. The van der Waals surface area contributed by atoms with E-state index in [4.69, 9.17) is 9.47 Å². The molecule has 0 aliphatic heterocycles. The molecule has 0 aliphatic carbocycles. The fourth-order valence-electron chi connectivity index (χ4n) is 1.84. The summed E-state index contributed by atoms with van der Waals surface area (Å²) >= 11 is 0. The molecule has 0 saturated carbocycles. The molecular weight excluding hydrogens is 261 g/mol. The summed E-state index contributed by atoms with van der Waals surface area (Å²) in [6.07, 6.45) is 1.36. The van der Waals surface area contributed by atoms with Gasteiger partial charge in [0.15, 0.2) is 0 Å². The lowest BCUT2D eigenvalue weighted by Crippen LogP contribution is -2.07. The molecule has 0 spiro atoms. The number of anilines is 1. The van der Waals surface area contributed by atoms with Gasteiger partial charge in [0.2, 0.25) is 11.8 Å². The van der Waals surface area contributed by atoms with Crippen molar-refractivity contribution in [2.75, 3.05) is 19.5 Å².